The van der Waals surface area contributed by atoms with Gasteiger partial charge in [0.05, 0.1) is 0 Å². The summed E-state index contributed by atoms with van der Waals surface area (Å²) < 4.78 is 0. The average molecular weight is 401 g/mol. The monoisotopic (exact) mass is 401 g/mol. The van der Waals surface area contributed by atoms with Gasteiger partial charge < -0.3 is 16.0 Å². The number of carbonyl (C=O) groups excluding carboxylic acids is 3. The Labute approximate surface area is 175 Å². The topological polar surface area (TPSA) is 87.3 Å². The van der Waals surface area contributed by atoms with Gasteiger partial charge in [-0.05, 0) is 42.8 Å². The van der Waals surface area contributed by atoms with Crippen LogP contribution in [0.1, 0.15) is 39.2 Å². The van der Waals surface area contributed by atoms with Crippen LogP contribution in [-0.4, -0.2) is 24.3 Å². The van der Waals surface area contributed by atoms with Gasteiger partial charge in [0.15, 0.2) is 0 Å². The molecule has 3 rings (SSSR count). The molecule has 3 N–H and O–H groups in total. The minimum absolute atomic E-state index is 0.217. The fourth-order valence-corrected chi connectivity index (χ4v) is 2.96. The second-order valence-electron chi connectivity index (χ2n) is 6.61. The Bertz CT molecular complexity index is 1020. The molecule has 0 aliphatic carbocycles. The first-order valence-corrected chi connectivity index (χ1v) is 9.68. The fourth-order valence-electron chi connectivity index (χ4n) is 2.96. The molecular formula is C24H23N3O3. The lowest BCUT2D eigenvalue weighted by Gasteiger charge is -2.19. The normalized spacial score (nSPS) is 11.2. The lowest BCUT2D eigenvalue weighted by Crippen LogP contribution is -2.37. The molecule has 0 aliphatic heterocycles. The van der Waals surface area contributed by atoms with Crippen LogP contribution in [0.25, 0.3) is 0 Å². The van der Waals surface area contributed by atoms with Crippen molar-refractivity contribution < 1.29 is 14.4 Å². The Morgan fingerprint density at radius 3 is 2.07 bits per heavy atom. The molecule has 0 aromatic heterocycles. The summed E-state index contributed by atoms with van der Waals surface area (Å²) in [6.07, 6.45) is 0. The zero-order chi connectivity index (χ0) is 21.3. The molecule has 3 aromatic carbocycles. The Balaban J connectivity index is 1.82. The summed E-state index contributed by atoms with van der Waals surface area (Å²) in [5.41, 5.74) is 2.03. The molecule has 3 amide bonds. The summed E-state index contributed by atoms with van der Waals surface area (Å²) in [4.78, 5) is 37.8. The molecule has 0 saturated heterocycles. The molecule has 0 aliphatic rings. The predicted molar refractivity (Wildman–Crippen MR) is 116 cm³/mol. The summed E-state index contributed by atoms with van der Waals surface area (Å²) in [7, 11) is 0. The summed E-state index contributed by atoms with van der Waals surface area (Å²) >= 11 is 0. The zero-order valence-electron chi connectivity index (χ0n) is 16.6. The van der Waals surface area contributed by atoms with E-state index in [0.29, 0.717) is 28.9 Å². The average Bonchev–Trinajstić information content (AvgIpc) is 2.78. The van der Waals surface area contributed by atoms with E-state index in [1.807, 2.05) is 19.1 Å². The first-order chi connectivity index (χ1) is 14.6. The zero-order valence-corrected chi connectivity index (χ0v) is 16.6. The highest BCUT2D eigenvalue weighted by Gasteiger charge is 2.23. The fraction of sp³-hybridized carbons (Fsp3) is 0.125. The van der Waals surface area contributed by atoms with Gasteiger partial charge in [-0.1, -0.05) is 54.6 Å². The maximum atomic E-state index is 13.1. The van der Waals surface area contributed by atoms with Crippen LogP contribution < -0.4 is 16.0 Å². The minimum Gasteiger partial charge on any atom is -0.352 e. The number of nitrogens with one attached hydrogen (secondary N) is 3. The molecule has 1 atom stereocenters. The Hall–Kier alpha value is -3.93. The summed E-state index contributed by atoms with van der Waals surface area (Å²) in [5.74, 6) is -0.972. The predicted octanol–water partition coefficient (Wildman–Crippen LogP) is 3.55. The van der Waals surface area contributed by atoms with Crippen molar-refractivity contribution in [3.8, 4) is 0 Å². The molecule has 30 heavy (non-hydrogen) atoms. The molecule has 3 aromatic rings. The smallest absolute Gasteiger partial charge is 0.252 e. The first kappa shape index (κ1) is 20.8. The third-order valence-electron chi connectivity index (χ3n) is 4.44. The SMILES string of the molecule is CCNC(=O)c1cccc(NC(=O)C(NC(=O)c2ccccc2)c2ccccc2)c1. The Kier molecular flexibility index (Phi) is 6.95. The van der Waals surface area contributed by atoms with Crippen molar-refractivity contribution in [2.45, 2.75) is 13.0 Å². The maximum Gasteiger partial charge on any atom is 0.252 e. The van der Waals surface area contributed by atoms with E-state index in [-0.39, 0.29) is 11.8 Å². The van der Waals surface area contributed by atoms with Gasteiger partial charge in [-0.3, -0.25) is 14.4 Å². The third-order valence-corrected chi connectivity index (χ3v) is 4.44. The first-order valence-electron chi connectivity index (χ1n) is 9.68. The van der Waals surface area contributed by atoms with Crippen molar-refractivity contribution in [2.24, 2.45) is 0 Å². The Morgan fingerprint density at radius 1 is 0.767 bits per heavy atom. The van der Waals surface area contributed by atoms with Gasteiger partial charge in [-0.2, -0.15) is 0 Å². The summed E-state index contributed by atoms with van der Waals surface area (Å²) in [5, 5.41) is 8.32. The number of anilines is 1. The maximum absolute atomic E-state index is 13.1. The molecule has 1 unspecified atom stereocenters. The number of hydrogen-bond donors (Lipinski definition) is 3. The highest BCUT2D eigenvalue weighted by Crippen LogP contribution is 2.18. The second kappa shape index (κ2) is 10.0. The van der Waals surface area contributed by atoms with E-state index in [0.717, 1.165) is 0 Å². The van der Waals surface area contributed by atoms with Crippen molar-refractivity contribution in [3.05, 3.63) is 102 Å². The van der Waals surface area contributed by atoms with Gasteiger partial charge in [0.25, 0.3) is 17.7 Å². The van der Waals surface area contributed by atoms with Gasteiger partial charge >= 0.3 is 0 Å². The van der Waals surface area contributed by atoms with Crippen LogP contribution in [0.5, 0.6) is 0 Å². The van der Waals surface area contributed by atoms with E-state index in [9.17, 15) is 14.4 Å². The van der Waals surface area contributed by atoms with Crippen molar-refractivity contribution in [1.82, 2.24) is 10.6 Å². The van der Waals surface area contributed by atoms with Crippen molar-refractivity contribution in [1.29, 1.82) is 0 Å². The standard InChI is InChI=1S/C24H23N3O3/c1-2-25-22(28)19-14-9-15-20(16-19)26-24(30)21(17-10-5-3-6-11-17)27-23(29)18-12-7-4-8-13-18/h3-16,21H,2H2,1H3,(H,25,28)(H,26,30)(H,27,29). The third kappa shape index (κ3) is 5.32. The van der Waals surface area contributed by atoms with Crippen molar-refractivity contribution in [2.75, 3.05) is 11.9 Å². The molecule has 0 radical (unpaired) electrons. The van der Waals surface area contributed by atoms with E-state index in [4.69, 9.17) is 0 Å². The lowest BCUT2D eigenvalue weighted by molar-refractivity contribution is -0.118. The highest BCUT2D eigenvalue weighted by atomic mass is 16.2. The van der Waals surface area contributed by atoms with Crippen LogP contribution in [0.2, 0.25) is 0 Å². The number of amides is 3. The van der Waals surface area contributed by atoms with E-state index in [1.54, 1.807) is 72.8 Å². The number of rotatable bonds is 7. The molecule has 152 valence electrons. The number of carbonyl (C=O) groups is 3. The van der Waals surface area contributed by atoms with Gasteiger partial charge in [0.1, 0.15) is 6.04 Å². The van der Waals surface area contributed by atoms with E-state index in [2.05, 4.69) is 16.0 Å². The van der Waals surface area contributed by atoms with Gasteiger partial charge in [0.2, 0.25) is 0 Å². The second-order valence-corrected chi connectivity index (χ2v) is 6.61. The van der Waals surface area contributed by atoms with Crippen LogP contribution in [0.3, 0.4) is 0 Å². The molecule has 0 fully saturated rings. The van der Waals surface area contributed by atoms with Crippen LogP contribution in [0.4, 0.5) is 5.69 Å². The van der Waals surface area contributed by atoms with Crippen LogP contribution in [-0.2, 0) is 4.79 Å². The Morgan fingerprint density at radius 2 is 1.40 bits per heavy atom. The number of hydrogen-bond acceptors (Lipinski definition) is 3. The van der Waals surface area contributed by atoms with Crippen LogP contribution in [0, 0.1) is 0 Å². The molecule has 6 nitrogen and oxygen atoms in total. The molecule has 6 heteroatoms. The van der Waals surface area contributed by atoms with Crippen LogP contribution in [0.15, 0.2) is 84.9 Å². The van der Waals surface area contributed by atoms with Gasteiger partial charge in [0, 0.05) is 23.4 Å². The summed E-state index contributed by atoms with van der Waals surface area (Å²) in [6, 6.07) is 23.5. The quantitative estimate of drug-likeness (QED) is 0.566. The van der Waals surface area contributed by atoms with Crippen molar-refractivity contribution in [3.63, 3.8) is 0 Å². The van der Waals surface area contributed by atoms with E-state index >= 15 is 0 Å². The highest BCUT2D eigenvalue weighted by molar-refractivity contribution is 6.02. The molecule has 0 bridgehead atoms. The molecule has 0 heterocycles. The lowest BCUT2D eigenvalue weighted by atomic mass is 10.0. The molecule has 0 spiro atoms. The minimum atomic E-state index is -0.896. The van der Waals surface area contributed by atoms with Gasteiger partial charge in [-0.15, -0.1) is 0 Å². The van der Waals surface area contributed by atoms with E-state index < -0.39 is 11.9 Å². The molecular weight excluding hydrogens is 378 g/mol. The van der Waals surface area contributed by atoms with Crippen LogP contribution >= 0.6 is 0 Å². The number of benzene rings is 3. The van der Waals surface area contributed by atoms with Crippen molar-refractivity contribution >= 4 is 23.4 Å². The van der Waals surface area contributed by atoms with E-state index in [1.165, 1.54) is 0 Å². The summed E-state index contributed by atoms with van der Waals surface area (Å²) in [6.45, 7) is 2.35. The largest absolute Gasteiger partial charge is 0.352 e. The van der Waals surface area contributed by atoms with Gasteiger partial charge in [-0.25, -0.2) is 0 Å². The molecule has 0 saturated carbocycles.